The Morgan fingerprint density at radius 2 is 2.00 bits per heavy atom. The molecule has 0 saturated heterocycles. The van der Waals surface area contributed by atoms with E-state index in [0.29, 0.717) is 12.2 Å². The molecule has 1 aromatic heterocycles. The van der Waals surface area contributed by atoms with Crippen molar-refractivity contribution in [2.75, 3.05) is 0 Å². The molecule has 1 atom stereocenters. The van der Waals surface area contributed by atoms with Crippen LogP contribution >= 0.6 is 0 Å². The van der Waals surface area contributed by atoms with E-state index in [9.17, 15) is 4.79 Å². The second-order valence-corrected chi connectivity index (χ2v) is 5.11. The van der Waals surface area contributed by atoms with Crippen LogP contribution in [0.4, 0.5) is 0 Å². The molecular weight excluding hydrogens is 256 g/mol. The lowest BCUT2D eigenvalue weighted by molar-refractivity contribution is -0.138. The van der Waals surface area contributed by atoms with E-state index in [1.165, 1.54) is 0 Å². The lowest BCUT2D eigenvalue weighted by Crippen LogP contribution is -2.22. The van der Waals surface area contributed by atoms with Crippen molar-refractivity contribution in [3.8, 4) is 0 Å². The fourth-order valence-electron chi connectivity index (χ4n) is 2.15. The summed E-state index contributed by atoms with van der Waals surface area (Å²) >= 11 is 0. The van der Waals surface area contributed by atoms with E-state index in [4.69, 9.17) is 5.11 Å². The average molecular weight is 274 g/mol. The molecule has 0 aliphatic rings. The number of nitrogens with zero attached hydrogens (tertiary/aromatic N) is 4. The van der Waals surface area contributed by atoms with E-state index < -0.39 is 5.97 Å². The largest absolute Gasteiger partial charge is 0.481 e. The molecule has 1 aromatic carbocycles. The van der Waals surface area contributed by atoms with E-state index in [1.807, 2.05) is 44.2 Å². The molecule has 1 N–H and O–H groups in total. The third-order valence-corrected chi connectivity index (χ3v) is 3.23. The van der Waals surface area contributed by atoms with E-state index in [0.717, 1.165) is 5.56 Å². The third kappa shape index (κ3) is 3.40. The van der Waals surface area contributed by atoms with Gasteiger partial charge in [-0.2, -0.15) is 0 Å². The summed E-state index contributed by atoms with van der Waals surface area (Å²) in [4.78, 5) is 11.0. The second kappa shape index (κ2) is 6.27. The molecular formula is C14H18N4O2. The molecule has 6 heteroatoms. The van der Waals surface area contributed by atoms with Gasteiger partial charge in [0.25, 0.3) is 0 Å². The minimum Gasteiger partial charge on any atom is -0.481 e. The Morgan fingerprint density at radius 3 is 2.60 bits per heavy atom. The zero-order chi connectivity index (χ0) is 14.5. The highest BCUT2D eigenvalue weighted by atomic mass is 16.4. The normalized spacial score (nSPS) is 12.6. The maximum Gasteiger partial charge on any atom is 0.305 e. The summed E-state index contributed by atoms with van der Waals surface area (Å²) in [6, 6.07) is 9.64. The summed E-state index contributed by atoms with van der Waals surface area (Å²) in [5.41, 5.74) is 1.10. The molecule has 0 radical (unpaired) electrons. The highest BCUT2D eigenvalue weighted by Gasteiger charge is 2.23. The minimum atomic E-state index is -0.843. The molecule has 0 fully saturated rings. The average Bonchev–Trinajstić information content (AvgIpc) is 2.84. The highest BCUT2D eigenvalue weighted by Crippen LogP contribution is 2.22. The molecule has 0 aliphatic carbocycles. The van der Waals surface area contributed by atoms with Gasteiger partial charge in [0.15, 0.2) is 5.82 Å². The van der Waals surface area contributed by atoms with Gasteiger partial charge in [0, 0.05) is 6.42 Å². The van der Waals surface area contributed by atoms with E-state index in [1.54, 1.807) is 4.68 Å². The molecule has 0 aliphatic heterocycles. The minimum absolute atomic E-state index is 0.0183. The van der Waals surface area contributed by atoms with Crippen molar-refractivity contribution in [2.24, 2.45) is 5.92 Å². The number of tetrazole rings is 1. The van der Waals surface area contributed by atoms with Crippen molar-refractivity contribution < 1.29 is 9.90 Å². The Morgan fingerprint density at radius 1 is 1.30 bits per heavy atom. The molecule has 106 valence electrons. The molecule has 6 nitrogen and oxygen atoms in total. The van der Waals surface area contributed by atoms with Crippen LogP contribution in [-0.2, 0) is 11.2 Å². The van der Waals surface area contributed by atoms with Gasteiger partial charge < -0.3 is 5.11 Å². The van der Waals surface area contributed by atoms with Crippen LogP contribution in [0, 0.1) is 5.92 Å². The van der Waals surface area contributed by atoms with E-state index in [2.05, 4.69) is 15.5 Å². The number of carbonyl (C=O) groups is 1. The van der Waals surface area contributed by atoms with Crippen molar-refractivity contribution in [2.45, 2.75) is 32.7 Å². The topological polar surface area (TPSA) is 80.9 Å². The Hall–Kier alpha value is -2.24. The first-order chi connectivity index (χ1) is 9.58. The summed E-state index contributed by atoms with van der Waals surface area (Å²) in [5, 5.41) is 20.7. The van der Waals surface area contributed by atoms with Crippen molar-refractivity contribution >= 4 is 5.97 Å². The summed E-state index contributed by atoms with van der Waals surface area (Å²) in [7, 11) is 0. The molecule has 2 rings (SSSR count). The number of carboxylic acids is 1. The van der Waals surface area contributed by atoms with Gasteiger partial charge in [0.2, 0.25) is 0 Å². The lowest BCUT2D eigenvalue weighted by atomic mass is 10.0. The Kier molecular flexibility index (Phi) is 4.45. The van der Waals surface area contributed by atoms with Crippen LogP contribution in [0.3, 0.4) is 0 Å². The standard InChI is InChI=1S/C14H18N4O2/c1-10(2)12(9-14(19)20)18-13(15-16-17-18)8-11-6-4-3-5-7-11/h3-7,10,12H,8-9H2,1-2H3,(H,19,20). The first-order valence-electron chi connectivity index (χ1n) is 6.60. The molecule has 20 heavy (non-hydrogen) atoms. The van der Waals surface area contributed by atoms with Gasteiger partial charge in [-0.15, -0.1) is 5.10 Å². The number of rotatable bonds is 6. The predicted molar refractivity (Wildman–Crippen MR) is 73.2 cm³/mol. The van der Waals surface area contributed by atoms with Crippen molar-refractivity contribution in [1.82, 2.24) is 20.2 Å². The smallest absolute Gasteiger partial charge is 0.305 e. The van der Waals surface area contributed by atoms with Gasteiger partial charge in [-0.1, -0.05) is 44.2 Å². The van der Waals surface area contributed by atoms with Gasteiger partial charge in [-0.05, 0) is 21.9 Å². The number of hydrogen-bond donors (Lipinski definition) is 1. The van der Waals surface area contributed by atoms with Gasteiger partial charge >= 0.3 is 5.97 Å². The van der Waals surface area contributed by atoms with Crippen LogP contribution in [0.2, 0.25) is 0 Å². The first-order valence-corrected chi connectivity index (χ1v) is 6.60. The third-order valence-electron chi connectivity index (χ3n) is 3.23. The number of aliphatic carboxylic acids is 1. The number of carboxylic acid groups (broad SMARTS) is 1. The van der Waals surface area contributed by atoms with Crippen LogP contribution in [0.25, 0.3) is 0 Å². The quantitative estimate of drug-likeness (QED) is 0.870. The summed E-state index contributed by atoms with van der Waals surface area (Å²) in [5.74, 6) is -0.00913. The molecule has 0 bridgehead atoms. The molecule has 1 heterocycles. The molecule has 1 unspecified atom stereocenters. The van der Waals surface area contributed by atoms with Crippen molar-refractivity contribution in [3.05, 3.63) is 41.7 Å². The number of aromatic nitrogens is 4. The molecule has 0 saturated carbocycles. The molecule has 0 spiro atoms. The fraction of sp³-hybridized carbons (Fsp3) is 0.429. The number of benzene rings is 1. The van der Waals surface area contributed by atoms with Gasteiger partial charge in [-0.25, -0.2) is 4.68 Å². The summed E-state index contributed by atoms with van der Waals surface area (Å²) in [6.07, 6.45) is 0.612. The summed E-state index contributed by atoms with van der Waals surface area (Å²) in [6.45, 7) is 3.95. The maximum atomic E-state index is 11.0. The van der Waals surface area contributed by atoms with Crippen LogP contribution in [0.1, 0.15) is 37.7 Å². The van der Waals surface area contributed by atoms with E-state index in [-0.39, 0.29) is 18.4 Å². The Labute approximate surface area is 117 Å². The van der Waals surface area contributed by atoms with Crippen LogP contribution in [0.5, 0.6) is 0 Å². The Bertz CT molecular complexity index is 566. The fourth-order valence-corrected chi connectivity index (χ4v) is 2.15. The van der Waals surface area contributed by atoms with Gasteiger partial charge in [0.05, 0.1) is 12.5 Å². The predicted octanol–water partition coefficient (Wildman–Crippen LogP) is 1.94. The Balaban J connectivity index is 2.24. The maximum absolute atomic E-state index is 11.0. The lowest BCUT2D eigenvalue weighted by Gasteiger charge is -2.20. The highest BCUT2D eigenvalue weighted by molar-refractivity contribution is 5.67. The monoisotopic (exact) mass is 274 g/mol. The van der Waals surface area contributed by atoms with Crippen molar-refractivity contribution in [3.63, 3.8) is 0 Å². The summed E-state index contributed by atoms with van der Waals surface area (Å²) < 4.78 is 1.64. The second-order valence-electron chi connectivity index (χ2n) is 5.11. The number of hydrogen-bond acceptors (Lipinski definition) is 4. The van der Waals surface area contributed by atoms with Gasteiger partial charge in [-0.3, -0.25) is 4.79 Å². The van der Waals surface area contributed by atoms with Crippen LogP contribution < -0.4 is 0 Å². The van der Waals surface area contributed by atoms with Crippen molar-refractivity contribution in [1.29, 1.82) is 0 Å². The molecule has 2 aromatic rings. The van der Waals surface area contributed by atoms with Crippen LogP contribution in [-0.4, -0.2) is 31.3 Å². The molecule has 0 amide bonds. The SMILES string of the molecule is CC(C)C(CC(=O)O)n1nnnc1Cc1ccccc1. The zero-order valence-electron chi connectivity index (χ0n) is 11.6. The van der Waals surface area contributed by atoms with Crippen LogP contribution in [0.15, 0.2) is 30.3 Å². The zero-order valence-corrected chi connectivity index (χ0v) is 11.6. The van der Waals surface area contributed by atoms with E-state index >= 15 is 0 Å². The van der Waals surface area contributed by atoms with Gasteiger partial charge in [0.1, 0.15) is 0 Å². The first kappa shape index (κ1) is 14.2.